The molecule has 0 saturated carbocycles. The Morgan fingerprint density at radius 3 is 2.38 bits per heavy atom. The third-order valence-electron chi connectivity index (χ3n) is 6.07. The van der Waals surface area contributed by atoms with Crippen molar-refractivity contribution in [1.82, 2.24) is 14.2 Å². The molecule has 178 valence electrons. The highest BCUT2D eigenvalue weighted by molar-refractivity contribution is 7.89. The number of aryl methyl sites for hydroxylation is 1. The summed E-state index contributed by atoms with van der Waals surface area (Å²) in [5.74, 6) is -0.745. The van der Waals surface area contributed by atoms with E-state index in [1.807, 2.05) is 24.0 Å². The number of carbonyl (C=O) groups excluding carboxylic acids is 2. The first-order valence-electron chi connectivity index (χ1n) is 11.0. The van der Waals surface area contributed by atoms with Gasteiger partial charge in [-0.25, -0.2) is 8.42 Å². The van der Waals surface area contributed by atoms with Crippen LogP contribution in [-0.4, -0.2) is 66.6 Å². The van der Waals surface area contributed by atoms with E-state index in [1.54, 1.807) is 49.5 Å². The van der Waals surface area contributed by atoms with Gasteiger partial charge in [0.15, 0.2) is 0 Å². The molecule has 34 heavy (non-hydrogen) atoms. The van der Waals surface area contributed by atoms with E-state index in [1.165, 1.54) is 4.31 Å². The first kappa shape index (κ1) is 23.8. The Kier molecular flexibility index (Phi) is 6.65. The van der Waals surface area contributed by atoms with Crippen LogP contribution in [0.2, 0.25) is 0 Å². The van der Waals surface area contributed by atoms with Crippen molar-refractivity contribution in [2.24, 2.45) is 5.73 Å². The lowest BCUT2D eigenvalue weighted by atomic mass is 10.2. The van der Waals surface area contributed by atoms with Crippen LogP contribution in [0.5, 0.6) is 0 Å². The van der Waals surface area contributed by atoms with Crippen LogP contribution in [0.25, 0.3) is 10.9 Å². The molecule has 1 saturated heterocycles. The molecule has 0 aliphatic carbocycles. The normalized spacial score (nSPS) is 16.3. The summed E-state index contributed by atoms with van der Waals surface area (Å²) in [7, 11) is -3.72. The number of pyridine rings is 1. The lowest BCUT2D eigenvalue weighted by Crippen LogP contribution is -2.53. The van der Waals surface area contributed by atoms with Gasteiger partial charge in [0.25, 0.3) is 0 Å². The van der Waals surface area contributed by atoms with Gasteiger partial charge in [0.2, 0.25) is 21.8 Å². The molecule has 1 fully saturated rings. The SMILES string of the molecule is Cc1cnc2c(S(=O)(=O)N3CCN([C@H](C)C(=O)Nc4ccc(C(N)=O)cc4)CC3)cccc2c1. The Labute approximate surface area is 198 Å². The van der Waals surface area contributed by atoms with Gasteiger partial charge in [0, 0.05) is 49.0 Å². The van der Waals surface area contributed by atoms with Gasteiger partial charge in [0.05, 0.1) is 11.6 Å². The van der Waals surface area contributed by atoms with Crippen molar-refractivity contribution in [2.45, 2.75) is 24.8 Å². The Morgan fingerprint density at radius 1 is 1.06 bits per heavy atom. The topological polar surface area (TPSA) is 126 Å². The molecular formula is C24H27N5O4S. The van der Waals surface area contributed by atoms with Crippen LogP contribution in [0.1, 0.15) is 22.8 Å². The predicted octanol–water partition coefficient (Wildman–Crippen LogP) is 1.98. The summed E-state index contributed by atoms with van der Waals surface area (Å²) in [6, 6.07) is 13.0. The summed E-state index contributed by atoms with van der Waals surface area (Å²) >= 11 is 0. The molecule has 0 radical (unpaired) electrons. The van der Waals surface area contributed by atoms with Crippen molar-refractivity contribution in [1.29, 1.82) is 0 Å². The van der Waals surface area contributed by atoms with E-state index in [0.29, 0.717) is 29.9 Å². The number of sulfonamides is 1. The number of benzene rings is 2. The molecule has 3 aromatic rings. The number of aromatic nitrogens is 1. The highest BCUT2D eigenvalue weighted by Crippen LogP contribution is 2.26. The zero-order valence-electron chi connectivity index (χ0n) is 19.1. The van der Waals surface area contributed by atoms with Gasteiger partial charge in [-0.05, 0) is 55.8 Å². The van der Waals surface area contributed by atoms with Crippen molar-refractivity contribution < 1.29 is 18.0 Å². The van der Waals surface area contributed by atoms with Crippen molar-refractivity contribution in [3.8, 4) is 0 Å². The van der Waals surface area contributed by atoms with Crippen LogP contribution in [-0.2, 0) is 14.8 Å². The maximum Gasteiger partial charge on any atom is 0.248 e. The lowest BCUT2D eigenvalue weighted by molar-refractivity contribution is -0.121. The molecule has 1 aliphatic rings. The number of carbonyl (C=O) groups is 2. The summed E-state index contributed by atoms with van der Waals surface area (Å²) in [6.45, 7) is 5.09. The summed E-state index contributed by atoms with van der Waals surface area (Å²) < 4.78 is 28.2. The summed E-state index contributed by atoms with van der Waals surface area (Å²) in [5.41, 5.74) is 7.59. The van der Waals surface area contributed by atoms with Gasteiger partial charge in [-0.2, -0.15) is 4.31 Å². The molecule has 1 aromatic heterocycles. The Balaban J connectivity index is 1.41. The molecule has 2 amide bonds. The van der Waals surface area contributed by atoms with E-state index in [9.17, 15) is 18.0 Å². The van der Waals surface area contributed by atoms with E-state index >= 15 is 0 Å². The fourth-order valence-corrected chi connectivity index (χ4v) is 5.64. The highest BCUT2D eigenvalue weighted by Gasteiger charge is 2.33. The molecule has 0 unspecified atom stereocenters. The van der Waals surface area contributed by atoms with Crippen LogP contribution in [0.15, 0.2) is 59.6 Å². The van der Waals surface area contributed by atoms with Crippen LogP contribution in [0.4, 0.5) is 5.69 Å². The predicted molar refractivity (Wildman–Crippen MR) is 130 cm³/mol. The number of nitrogens with two attached hydrogens (primary N) is 1. The van der Waals surface area contributed by atoms with Crippen molar-refractivity contribution in [3.05, 3.63) is 65.9 Å². The largest absolute Gasteiger partial charge is 0.366 e. The third-order valence-corrected chi connectivity index (χ3v) is 8.00. The van der Waals surface area contributed by atoms with E-state index in [0.717, 1.165) is 10.9 Å². The molecule has 3 N–H and O–H groups in total. The quantitative estimate of drug-likeness (QED) is 0.555. The van der Waals surface area contributed by atoms with Gasteiger partial charge >= 0.3 is 0 Å². The number of nitrogens with zero attached hydrogens (tertiary/aromatic N) is 3. The third kappa shape index (κ3) is 4.79. The molecular weight excluding hydrogens is 454 g/mol. The molecule has 0 bridgehead atoms. The van der Waals surface area contributed by atoms with Gasteiger partial charge < -0.3 is 11.1 Å². The second kappa shape index (κ2) is 9.49. The minimum atomic E-state index is -3.72. The van der Waals surface area contributed by atoms with E-state index < -0.39 is 22.0 Å². The molecule has 1 atom stereocenters. The number of piperazine rings is 1. The molecule has 9 nitrogen and oxygen atoms in total. The molecule has 2 aromatic carbocycles. The molecule has 10 heteroatoms. The molecule has 1 aliphatic heterocycles. The van der Waals surface area contributed by atoms with Gasteiger partial charge in [0.1, 0.15) is 4.90 Å². The van der Waals surface area contributed by atoms with Crippen LogP contribution in [0, 0.1) is 6.92 Å². The fraction of sp³-hybridized carbons (Fsp3) is 0.292. The zero-order chi connectivity index (χ0) is 24.5. The number of hydrogen-bond acceptors (Lipinski definition) is 6. The standard InChI is InChI=1S/C24H27N5O4S/c1-16-14-19-4-3-5-21(22(19)26-15-16)34(32,33)29-12-10-28(11-13-29)17(2)24(31)27-20-8-6-18(7-9-20)23(25)30/h3-9,14-15,17H,10-13H2,1-2H3,(H2,25,30)(H,27,31)/t17-/m1/s1. The lowest BCUT2D eigenvalue weighted by Gasteiger charge is -2.36. The number of amides is 2. The van der Waals surface area contributed by atoms with Crippen molar-refractivity contribution in [2.75, 3.05) is 31.5 Å². The van der Waals surface area contributed by atoms with E-state index in [4.69, 9.17) is 5.73 Å². The van der Waals surface area contributed by atoms with E-state index in [-0.39, 0.29) is 23.9 Å². The minimum Gasteiger partial charge on any atom is -0.366 e. The van der Waals surface area contributed by atoms with E-state index in [2.05, 4.69) is 10.3 Å². The van der Waals surface area contributed by atoms with Gasteiger partial charge in [-0.15, -0.1) is 0 Å². The summed E-state index contributed by atoms with van der Waals surface area (Å²) in [6.07, 6.45) is 1.67. The van der Waals surface area contributed by atoms with Crippen molar-refractivity contribution >= 4 is 38.4 Å². The number of rotatable bonds is 6. The maximum atomic E-state index is 13.4. The number of primary amides is 1. The maximum absolute atomic E-state index is 13.4. The van der Waals surface area contributed by atoms with Crippen LogP contribution in [0.3, 0.4) is 0 Å². The van der Waals surface area contributed by atoms with Gasteiger partial charge in [-0.1, -0.05) is 12.1 Å². The Bertz CT molecular complexity index is 1330. The first-order chi connectivity index (χ1) is 16.2. The number of nitrogens with one attached hydrogen (secondary N) is 1. The van der Waals surface area contributed by atoms with Gasteiger partial charge in [-0.3, -0.25) is 19.5 Å². The van der Waals surface area contributed by atoms with Crippen LogP contribution < -0.4 is 11.1 Å². The average Bonchev–Trinajstić information content (AvgIpc) is 2.83. The van der Waals surface area contributed by atoms with Crippen molar-refractivity contribution in [3.63, 3.8) is 0 Å². The number of anilines is 1. The number of fused-ring (bicyclic) bond motifs is 1. The second-order valence-corrected chi connectivity index (χ2v) is 10.3. The fourth-order valence-electron chi connectivity index (χ4n) is 4.05. The molecule has 4 rings (SSSR count). The Hall–Kier alpha value is -3.34. The minimum absolute atomic E-state index is 0.198. The Morgan fingerprint density at radius 2 is 1.74 bits per heavy atom. The monoisotopic (exact) mass is 481 g/mol. The smallest absolute Gasteiger partial charge is 0.248 e. The summed E-state index contributed by atoms with van der Waals surface area (Å²) in [5, 5.41) is 3.61. The number of para-hydroxylation sites is 1. The second-order valence-electron chi connectivity index (χ2n) is 8.39. The van der Waals surface area contributed by atoms with Crippen LogP contribution >= 0.6 is 0 Å². The average molecular weight is 482 g/mol. The first-order valence-corrected chi connectivity index (χ1v) is 12.4. The summed E-state index contributed by atoms with van der Waals surface area (Å²) in [4.78, 5) is 30.4. The number of hydrogen-bond donors (Lipinski definition) is 2. The molecule has 0 spiro atoms. The zero-order valence-corrected chi connectivity index (χ0v) is 19.9. The molecule has 2 heterocycles. The highest BCUT2D eigenvalue weighted by atomic mass is 32.2.